The number of aryl methyl sites for hydroxylation is 1. The molecule has 7 nitrogen and oxygen atoms in total. The van der Waals surface area contributed by atoms with Crippen molar-refractivity contribution in [2.75, 3.05) is 20.3 Å². The van der Waals surface area contributed by atoms with E-state index in [4.69, 9.17) is 25.8 Å². The molecule has 1 aliphatic heterocycles. The molecule has 1 saturated heterocycles. The van der Waals surface area contributed by atoms with Gasteiger partial charge < -0.3 is 14.2 Å². The van der Waals surface area contributed by atoms with Gasteiger partial charge in [0.05, 0.1) is 27.7 Å². The van der Waals surface area contributed by atoms with Gasteiger partial charge in [0, 0.05) is 5.02 Å². The highest BCUT2D eigenvalue weighted by molar-refractivity contribution is 14.1. The fraction of sp³-hybridized carbons (Fsp3) is 0.148. The number of hydrogen-bond acceptors (Lipinski definition) is 7. The van der Waals surface area contributed by atoms with Crippen LogP contribution in [0, 0.1) is 10.5 Å². The summed E-state index contributed by atoms with van der Waals surface area (Å²) < 4.78 is 17.3. The number of halogens is 2. The van der Waals surface area contributed by atoms with Gasteiger partial charge in [-0.15, -0.1) is 0 Å². The number of benzene rings is 3. The molecule has 3 aromatic carbocycles. The minimum absolute atomic E-state index is 0.111. The zero-order valence-electron chi connectivity index (χ0n) is 19.8. The Bertz CT molecular complexity index is 1370. The minimum Gasteiger partial charge on any atom is -0.493 e. The van der Waals surface area contributed by atoms with Gasteiger partial charge in [0.25, 0.3) is 11.1 Å². The van der Waals surface area contributed by atoms with E-state index in [1.807, 2.05) is 41.6 Å². The summed E-state index contributed by atoms with van der Waals surface area (Å²) in [5.41, 5.74) is 2.08. The predicted octanol–water partition coefficient (Wildman–Crippen LogP) is 6.60. The van der Waals surface area contributed by atoms with Gasteiger partial charge in [-0.25, -0.2) is 4.79 Å². The number of carbonyl (C=O) groups excluding carboxylic acids is 3. The zero-order valence-corrected chi connectivity index (χ0v) is 23.6. The van der Waals surface area contributed by atoms with E-state index >= 15 is 0 Å². The molecule has 1 fully saturated rings. The first-order valence-corrected chi connectivity index (χ1v) is 13.3. The summed E-state index contributed by atoms with van der Waals surface area (Å²) in [7, 11) is 1.47. The second-order valence-corrected chi connectivity index (χ2v) is 10.5. The van der Waals surface area contributed by atoms with E-state index in [1.165, 1.54) is 7.11 Å². The maximum atomic E-state index is 12.9. The van der Waals surface area contributed by atoms with Crippen LogP contribution in [0.1, 0.15) is 21.5 Å². The normalized spacial score (nSPS) is 14.3. The maximum Gasteiger partial charge on any atom is 0.343 e. The van der Waals surface area contributed by atoms with Gasteiger partial charge in [-0.05, 0) is 101 Å². The van der Waals surface area contributed by atoms with Crippen LogP contribution in [0.3, 0.4) is 0 Å². The lowest BCUT2D eigenvalue weighted by molar-refractivity contribution is -0.123. The predicted molar refractivity (Wildman–Crippen MR) is 151 cm³/mol. The highest BCUT2D eigenvalue weighted by Gasteiger charge is 2.35. The lowest BCUT2D eigenvalue weighted by atomic mass is 10.1. The second kappa shape index (κ2) is 12.0. The lowest BCUT2D eigenvalue weighted by Gasteiger charge is -2.13. The van der Waals surface area contributed by atoms with Crippen LogP contribution in [0.4, 0.5) is 4.79 Å². The standard InChI is InChI=1S/C27H21ClINO6S/c1-16-3-5-18(6-4-16)26(32)36-24-21(29)13-17(14-22(24)34-2)15-23-25(31)30(27(33)37-23)11-12-35-20-9-7-19(28)8-10-20/h3-10,13-15H,11-12H2,1-2H3/b23-15-. The quantitative estimate of drug-likeness (QED) is 0.118. The molecule has 3 aromatic rings. The molecule has 1 aliphatic rings. The minimum atomic E-state index is -0.508. The van der Waals surface area contributed by atoms with Crippen molar-refractivity contribution in [3.05, 3.63) is 90.9 Å². The molecule has 4 rings (SSSR count). The van der Waals surface area contributed by atoms with Crippen LogP contribution < -0.4 is 14.2 Å². The monoisotopic (exact) mass is 649 g/mol. The molecule has 0 bridgehead atoms. The molecule has 10 heteroatoms. The van der Waals surface area contributed by atoms with Crippen molar-refractivity contribution in [2.24, 2.45) is 0 Å². The van der Waals surface area contributed by atoms with Gasteiger partial charge in [0.2, 0.25) is 0 Å². The highest BCUT2D eigenvalue weighted by Crippen LogP contribution is 2.37. The zero-order chi connectivity index (χ0) is 26.5. The SMILES string of the molecule is COc1cc(/C=C2\SC(=O)N(CCOc3ccc(Cl)cc3)C2=O)cc(I)c1OC(=O)c1ccc(C)cc1. The molecule has 0 aromatic heterocycles. The number of esters is 1. The number of carbonyl (C=O) groups is 3. The Hall–Kier alpha value is -3.02. The number of hydrogen-bond donors (Lipinski definition) is 0. The summed E-state index contributed by atoms with van der Waals surface area (Å²) in [6.07, 6.45) is 1.61. The van der Waals surface area contributed by atoms with Gasteiger partial charge >= 0.3 is 5.97 Å². The smallest absolute Gasteiger partial charge is 0.343 e. The first-order valence-electron chi connectivity index (χ1n) is 11.1. The third-order valence-electron chi connectivity index (χ3n) is 5.30. The van der Waals surface area contributed by atoms with Crippen molar-refractivity contribution in [2.45, 2.75) is 6.92 Å². The number of nitrogens with zero attached hydrogens (tertiary/aromatic N) is 1. The molecule has 0 unspecified atom stereocenters. The number of methoxy groups -OCH3 is 1. The molecule has 37 heavy (non-hydrogen) atoms. The number of amides is 2. The van der Waals surface area contributed by atoms with E-state index in [0.29, 0.717) is 31.2 Å². The van der Waals surface area contributed by atoms with E-state index in [-0.39, 0.29) is 29.0 Å². The molecule has 0 aliphatic carbocycles. The topological polar surface area (TPSA) is 82.1 Å². The molecule has 0 saturated carbocycles. The fourth-order valence-corrected chi connectivity index (χ4v) is 5.12. The third kappa shape index (κ3) is 6.65. The molecule has 190 valence electrons. The maximum absolute atomic E-state index is 12.9. The Kier molecular flexibility index (Phi) is 8.78. The van der Waals surface area contributed by atoms with E-state index in [0.717, 1.165) is 22.2 Å². The van der Waals surface area contributed by atoms with Gasteiger partial charge in [-0.2, -0.15) is 0 Å². The molecule has 0 N–H and O–H groups in total. The summed E-state index contributed by atoms with van der Waals surface area (Å²) in [4.78, 5) is 39.4. The summed E-state index contributed by atoms with van der Waals surface area (Å²) >= 11 is 8.76. The Balaban J connectivity index is 1.46. The fourth-order valence-electron chi connectivity index (χ4n) is 3.39. The molecule has 0 atom stereocenters. The average Bonchev–Trinajstić information content (AvgIpc) is 3.14. The van der Waals surface area contributed by atoms with Crippen LogP contribution in [0.2, 0.25) is 5.02 Å². The van der Waals surface area contributed by atoms with Crippen LogP contribution in [-0.2, 0) is 4.79 Å². The molecular weight excluding hydrogens is 629 g/mol. The summed E-state index contributed by atoms with van der Waals surface area (Å²) in [5.74, 6) is 0.286. The van der Waals surface area contributed by atoms with Crippen molar-refractivity contribution in [1.29, 1.82) is 0 Å². The van der Waals surface area contributed by atoms with Gasteiger partial charge in [0.15, 0.2) is 11.5 Å². The number of imide groups is 1. The third-order valence-corrected chi connectivity index (χ3v) is 7.26. The van der Waals surface area contributed by atoms with E-state index in [1.54, 1.807) is 54.6 Å². The summed E-state index contributed by atoms with van der Waals surface area (Å²) in [6, 6.07) is 17.3. The van der Waals surface area contributed by atoms with Gasteiger partial charge in [0.1, 0.15) is 12.4 Å². The molecule has 0 spiro atoms. The van der Waals surface area contributed by atoms with E-state index in [2.05, 4.69) is 0 Å². The number of thioether (sulfide) groups is 1. The summed E-state index contributed by atoms with van der Waals surface area (Å²) in [6.45, 7) is 2.20. The largest absolute Gasteiger partial charge is 0.493 e. The Morgan fingerprint density at radius 2 is 1.78 bits per heavy atom. The van der Waals surface area contributed by atoms with Crippen LogP contribution in [0.25, 0.3) is 6.08 Å². The second-order valence-electron chi connectivity index (χ2n) is 7.93. The van der Waals surface area contributed by atoms with E-state index in [9.17, 15) is 14.4 Å². The van der Waals surface area contributed by atoms with Gasteiger partial charge in [-0.1, -0.05) is 29.3 Å². The van der Waals surface area contributed by atoms with Crippen molar-refractivity contribution in [3.8, 4) is 17.2 Å². The molecule has 0 radical (unpaired) electrons. The van der Waals surface area contributed by atoms with Crippen LogP contribution in [-0.4, -0.2) is 42.3 Å². The molecule has 2 amide bonds. The van der Waals surface area contributed by atoms with Crippen LogP contribution in [0.5, 0.6) is 17.2 Å². The average molecular weight is 650 g/mol. The van der Waals surface area contributed by atoms with Crippen molar-refractivity contribution >= 4 is 69.1 Å². The first kappa shape index (κ1) is 27.0. The van der Waals surface area contributed by atoms with E-state index < -0.39 is 11.9 Å². The highest BCUT2D eigenvalue weighted by atomic mass is 127. The number of ether oxygens (including phenoxy) is 3. The Morgan fingerprint density at radius 1 is 1.08 bits per heavy atom. The van der Waals surface area contributed by atoms with Crippen LogP contribution in [0.15, 0.2) is 65.6 Å². The van der Waals surface area contributed by atoms with Crippen molar-refractivity contribution in [1.82, 2.24) is 4.90 Å². The van der Waals surface area contributed by atoms with Crippen molar-refractivity contribution < 1.29 is 28.6 Å². The first-order chi connectivity index (χ1) is 17.7. The molecular formula is C27H21ClINO6S. The lowest BCUT2D eigenvalue weighted by Crippen LogP contribution is -2.32. The van der Waals surface area contributed by atoms with Crippen molar-refractivity contribution in [3.63, 3.8) is 0 Å². The summed E-state index contributed by atoms with van der Waals surface area (Å²) in [5, 5.41) is 0.216. The van der Waals surface area contributed by atoms with Crippen LogP contribution >= 0.6 is 46.0 Å². The van der Waals surface area contributed by atoms with Gasteiger partial charge in [-0.3, -0.25) is 14.5 Å². The Morgan fingerprint density at radius 3 is 2.46 bits per heavy atom. The Labute approximate surface area is 236 Å². The number of rotatable bonds is 8. The molecule has 1 heterocycles.